The minimum atomic E-state index is -0.906. The first-order valence-corrected chi connectivity index (χ1v) is 25.4. The molecular weight excluding hydrogens is 1060 g/mol. The summed E-state index contributed by atoms with van der Waals surface area (Å²) < 4.78 is 61.1. The molecule has 2 amide bonds. The lowest BCUT2D eigenvalue weighted by Crippen LogP contribution is -2.41. The largest absolute Gasteiger partial charge is 0.497 e. The van der Waals surface area contributed by atoms with Gasteiger partial charge < -0.3 is 48.2 Å². The standard InChI is InChI=1S/C27H31ClFN5O5.C27H29ClFN5O5/c2*1-27(2,3)39-26(36)34-12-11-33(14-19(35)15-34)24-22(28)25(38-16-17-5-7-20(37-4)8-6-17)32-23(31-24)18-9-10-30-21(29)13-18/h5-10,13,19,35H,11-12,14-16H2,1-4H3;5-10,13H,11-12,14-16H2,1-4H3. The summed E-state index contributed by atoms with van der Waals surface area (Å²) in [7, 11) is 3.17. The molecule has 78 heavy (non-hydrogen) atoms. The zero-order valence-electron chi connectivity index (χ0n) is 44.3. The summed E-state index contributed by atoms with van der Waals surface area (Å²) in [5.74, 6) is 0.763. The molecule has 0 spiro atoms. The van der Waals surface area contributed by atoms with E-state index >= 15 is 0 Å². The Kier molecular flexibility index (Phi) is 19.1. The van der Waals surface area contributed by atoms with E-state index in [9.17, 15) is 28.3 Å². The van der Waals surface area contributed by atoms with Crippen LogP contribution in [0.5, 0.6) is 23.3 Å². The van der Waals surface area contributed by atoms with Crippen LogP contribution in [0, 0.1) is 11.9 Å². The van der Waals surface area contributed by atoms with Gasteiger partial charge >= 0.3 is 12.2 Å². The number of rotatable bonds is 12. The van der Waals surface area contributed by atoms with Gasteiger partial charge in [0.05, 0.1) is 40.0 Å². The molecule has 8 rings (SSSR count). The number of aromatic nitrogens is 6. The van der Waals surface area contributed by atoms with Crippen LogP contribution in [-0.4, -0.2) is 147 Å². The smallest absolute Gasteiger partial charge is 0.410 e. The van der Waals surface area contributed by atoms with Crippen molar-refractivity contribution >= 4 is 52.8 Å². The summed E-state index contributed by atoms with van der Waals surface area (Å²) in [6, 6.07) is 20.1. The first-order valence-electron chi connectivity index (χ1n) is 24.6. The lowest BCUT2D eigenvalue weighted by atomic mass is 10.2. The highest BCUT2D eigenvalue weighted by Crippen LogP contribution is 2.37. The quantitative estimate of drug-likeness (QED) is 0.113. The van der Waals surface area contributed by atoms with E-state index in [1.807, 2.05) is 36.4 Å². The molecule has 2 aromatic carbocycles. The number of aliphatic hydroxyl groups excluding tert-OH is 1. The van der Waals surface area contributed by atoms with E-state index < -0.39 is 41.4 Å². The van der Waals surface area contributed by atoms with Crippen LogP contribution < -0.4 is 28.7 Å². The van der Waals surface area contributed by atoms with Crippen LogP contribution in [0.4, 0.5) is 30.0 Å². The number of amides is 2. The van der Waals surface area contributed by atoms with Crippen molar-refractivity contribution in [1.29, 1.82) is 0 Å². The van der Waals surface area contributed by atoms with E-state index in [-0.39, 0.29) is 110 Å². The number of Topliss-reactive ketones (excluding diaryl/α,β-unsaturated/α-hetero) is 1. The third-order valence-electron chi connectivity index (χ3n) is 11.4. The van der Waals surface area contributed by atoms with E-state index in [0.29, 0.717) is 29.2 Å². The maximum Gasteiger partial charge on any atom is 0.410 e. The maximum atomic E-state index is 13.9. The van der Waals surface area contributed by atoms with E-state index in [1.165, 1.54) is 34.3 Å². The molecule has 4 aromatic heterocycles. The summed E-state index contributed by atoms with van der Waals surface area (Å²) in [4.78, 5) is 69.5. The molecule has 6 aromatic rings. The number of ketones is 1. The van der Waals surface area contributed by atoms with Gasteiger partial charge in [0.25, 0.3) is 0 Å². The second-order valence-electron chi connectivity index (χ2n) is 19.9. The molecule has 1 unspecified atom stereocenters. The number of aliphatic hydroxyl groups is 1. The number of carbonyl (C=O) groups is 3. The van der Waals surface area contributed by atoms with Crippen LogP contribution in [0.2, 0.25) is 10.0 Å². The number of nitrogens with zero attached hydrogens (tertiary/aromatic N) is 10. The Morgan fingerprint density at radius 1 is 0.615 bits per heavy atom. The molecule has 2 aliphatic heterocycles. The average molecular weight is 1120 g/mol. The van der Waals surface area contributed by atoms with Crippen molar-refractivity contribution < 1.29 is 56.7 Å². The number of methoxy groups -OCH3 is 2. The van der Waals surface area contributed by atoms with E-state index in [1.54, 1.807) is 89.8 Å². The van der Waals surface area contributed by atoms with Crippen molar-refractivity contribution in [3.05, 3.63) is 118 Å². The van der Waals surface area contributed by atoms with Crippen molar-refractivity contribution in [3.8, 4) is 46.0 Å². The minimum Gasteiger partial charge on any atom is -0.497 e. The number of anilines is 2. The fourth-order valence-corrected chi connectivity index (χ4v) is 8.26. The van der Waals surface area contributed by atoms with Crippen LogP contribution in [0.15, 0.2) is 85.2 Å². The molecule has 2 fully saturated rings. The van der Waals surface area contributed by atoms with Crippen LogP contribution in [0.3, 0.4) is 0 Å². The lowest BCUT2D eigenvalue weighted by molar-refractivity contribution is -0.118. The van der Waals surface area contributed by atoms with Crippen LogP contribution in [0.1, 0.15) is 52.7 Å². The summed E-state index contributed by atoms with van der Waals surface area (Å²) in [5.41, 5.74) is 1.04. The van der Waals surface area contributed by atoms with Crippen molar-refractivity contribution in [3.63, 3.8) is 0 Å². The molecule has 2 aliphatic rings. The molecule has 24 heteroatoms. The van der Waals surface area contributed by atoms with E-state index in [0.717, 1.165) is 11.1 Å². The Labute approximate surface area is 460 Å². The second kappa shape index (κ2) is 25.6. The van der Waals surface area contributed by atoms with Crippen LogP contribution in [-0.2, 0) is 27.5 Å². The molecule has 0 bridgehead atoms. The topological polar surface area (TPSA) is 217 Å². The summed E-state index contributed by atoms with van der Waals surface area (Å²) in [6.07, 6.45) is 0.608. The predicted octanol–water partition coefficient (Wildman–Crippen LogP) is 8.88. The monoisotopic (exact) mass is 1120 g/mol. The summed E-state index contributed by atoms with van der Waals surface area (Å²) >= 11 is 13.5. The van der Waals surface area contributed by atoms with Crippen LogP contribution in [0.25, 0.3) is 22.8 Å². The molecule has 20 nitrogen and oxygen atoms in total. The zero-order chi connectivity index (χ0) is 56.3. The van der Waals surface area contributed by atoms with Gasteiger partial charge in [0.2, 0.25) is 23.7 Å². The number of β-amino-alcohol motifs (C(OH)–C–C–N with tert-alkyl or cyclic N) is 1. The number of ether oxygens (including phenoxy) is 6. The lowest BCUT2D eigenvalue weighted by Gasteiger charge is -2.27. The first kappa shape index (κ1) is 58.0. The number of halogens is 4. The number of hydrogen-bond donors (Lipinski definition) is 1. The van der Waals surface area contributed by atoms with Crippen molar-refractivity contribution in [1.82, 2.24) is 39.7 Å². The molecule has 0 saturated carbocycles. The van der Waals surface area contributed by atoms with Crippen molar-refractivity contribution in [2.24, 2.45) is 0 Å². The zero-order valence-corrected chi connectivity index (χ0v) is 45.8. The summed E-state index contributed by atoms with van der Waals surface area (Å²) in [5, 5.41) is 10.9. The molecule has 1 atom stereocenters. The SMILES string of the molecule is COc1ccc(COc2nc(-c3ccnc(F)c3)nc(N3CCN(C(=O)OC(C)(C)C)CC(=O)C3)c2Cl)cc1.COc1ccc(COc2nc(-c3ccnc(F)c3)nc(N3CCN(C(=O)OC(C)(C)C)CC(O)C3)c2Cl)cc1. The summed E-state index contributed by atoms with van der Waals surface area (Å²) in [6.45, 7) is 11.9. The molecule has 2 saturated heterocycles. The van der Waals surface area contributed by atoms with Gasteiger partial charge in [-0.1, -0.05) is 47.5 Å². The Morgan fingerprint density at radius 3 is 1.50 bits per heavy atom. The second-order valence-corrected chi connectivity index (χ2v) is 20.6. The maximum absolute atomic E-state index is 13.9. The Hall–Kier alpha value is -7.69. The number of carbonyl (C=O) groups excluding carboxylic acids is 3. The van der Waals surface area contributed by atoms with Crippen LogP contribution >= 0.6 is 23.2 Å². The fraction of sp³-hybridized carbons (Fsp3) is 0.389. The molecule has 6 heterocycles. The highest BCUT2D eigenvalue weighted by molar-refractivity contribution is 6.34. The molecular formula is C54H60Cl2F2N10O10. The normalized spacial score (nSPS) is 15.1. The van der Waals surface area contributed by atoms with Crippen molar-refractivity contribution in [2.45, 2.75) is 72.1 Å². The molecule has 1 N–H and O–H groups in total. The van der Waals surface area contributed by atoms with Gasteiger partial charge in [-0.05, 0) is 89.1 Å². The first-order chi connectivity index (χ1) is 37.0. The average Bonchev–Trinajstić information content (AvgIpc) is 3.77. The minimum absolute atomic E-state index is 0.0574. The van der Waals surface area contributed by atoms with E-state index in [2.05, 4.69) is 29.9 Å². The fourth-order valence-electron chi connectivity index (χ4n) is 7.74. The van der Waals surface area contributed by atoms with Gasteiger partial charge in [-0.2, -0.15) is 18.7 Å². The highest BCUT2D eigenvalue weighted by atomic mass is 35.5. The Morgan fingerprint density at radius 2 is 1.05 bits per heavy atom. The van der Waals surface area contributed by atoms with Crippen molar-refractivity contribution in [2.75, 3.05) is 76.4 Å². The third-order valence-corrected chi connectivity index (χ3v) is 12.1. The molecule has 414 valence electrons. The predicted molar refractivity (Wildman–Crippen MR) is 286 cm³/mol. The Balaban J connectivity index is 0.000000226. The number of pyridine rings is 2. The van der Waals surface area contributed by atoms with Gasteiger partial charge in [-0.25, -0.2) is 29.5 Å². The highest BCUT2D eigenvalue weighted by Gasteiger charge is 2.33. The van der Waals surface area contributed by atoms with Gasteiger partial charge in [0.1, 0.15) is 46.0 Å². The van der Waals surface area contributed by atoms with E-state index in [4.69, 9.17) is 51.6 Å². The van der Waals surface area contributed by atoms with Gasteiger partial charge in [0.15, 0.2) is 29.1 Å². The molecule has 0 radical (unpaired) electrons. The van der Waals surface area contributed by atoms with Gasteiger partial charge in [-0.15, -0.1) is 0 Å². The Bertz CT molecular complexity index is 3060. The third kappa shape index (κ3) is 16.2. The molecule has 0 aliphatic carbocycles. The van der Waals surface area contributed by atoms with Gasteiger partial charge in [0, 0.05) is 68.4 Å². The van der Waals surface area contributed by atoms with Gasteiger partial charge in [-0.3, -0.25) is 9.69 Å². The number of benzene rings is 2. The number of hydrogen-bond acceptors (Lipinski definition) is 18.